The molecule has 1 saturated heterocycles. The first-order valence-electron chi connectivity index (χ1n) is 2.96. The molecule has 46 valence electrons. The number of allylic oxidation sites excluding steroid dienone is 2. The fourth-order valence-electron chi connectivity index (χ4n) is 0.519. The summed E-state index contributed by atoms with van der Waals surface area (Å²) in [5.74, 6) is 0. The van der Waals surface area contributed by atoms with E-state index >= 15 is 0 Å². The quantitative estimate of drug-likeness (QED) is 0.508. The summed E-state index contributed by atoms with van der Waals surface area (Å²) in [5, 5.41) is 6.40. The van der Waals surface area contributed by atoms with Gasteiger partial charge in [0.15, 0.2) is 0 Å². The molecule has 0 saturated carbocycles. The molecule has 0 aliphatic carbocycles. The highest BCUT2D eigenvalue weighted by molar-refractivity contribution is 4.98. The first-order chi connectivity index (χ1) is 3.83. The highest BCUT2D eigenvalue weighted by atomic mass is 15.3. The third-order valence-corrected chi connectivity index (χ3v) is 1.24. The fraction of sp³-hybridized carbons (Fsp3) is 0.667. The highest BCUT2D eigenvalue weighted by Gasteiger charge is 2.18. The van der Waals surface area contributed by atoms with Crippen LogP contribution in [0.2, 0.25) is 0 Å². The van der Waals surface area contributed by atoms with Crippen molar-refractivity contribution in [2.45, 2.75) is 20.0 Å². The van der Waals surface area contributed by atoms with Gasteiger partial charge in [0.05, 0.1) is 6.17 Å². The Morgan fingerprint density at radius 3 is 2.88 bits per heavy atom. The second kappa shape index (κ2) is 2.18. The van der Waals surface area contributed by atoms with Crippen molar-refractivity contribution in [3.05, 3.63) is 11.8 Å². The summed E-state index contributed by atoms with van der Waals surface area (Å²) >= 11 is 0. The van der Waals surface area contributed by atoms with Gasteiger partial charge in [-0.25, -0.2) is 0 Å². The molecule has 2 nitrogen and oxygen atoms in total. The molecule has 0 aromatic rings. The second-order valence-electron chi connectivity index (χ2n) is 2.08. The zero-order chi connectivity index (χ0) is 5.98. The monoisotopic (exact) mass is 112 g/mol. The number of nitrogens with one attached hydrogen (secondary N) is 2. The van der Waals surface area contributed by atoms with Crippen LogP contribution in [0, 0.1) is 0 Å². The van der Waals surface area contributed by atoms with Crippen LogP contribution >= 0.6 is 0 Å². The molecule has 1 fully saturated rings. The van der Waals surface area contributed by atoms with Gasteiger partial charge in [0.1, 0.15) is 0 Å². The lowest BCUT2D eigenvalue weighted by Crippen LogP contribution is -2.16. The van der Waals surface area contributed by atoms with Crippen molar-refractivity contribution in [3.8, 4) is 0 Å². The predicted molar refractivity (Wildman–Crippen MR) is 34.4 cm³/mol. The Balaban J connectivity index is 2.16. The van der Waals surface area contributed by atoms with Gasteiger partial charge < -0.3 is 5.32 Å². The molecule has 0 aromatic heterocycles. The molecule has 0 amide bonds. The van der Waals surface area contributed by atoms with Gasteiger partial charge in [0.2, 0.25) is 0 Å². The standard InChI is InChI=1S/C6H12N2/c1-3-5(2)8-6-4-7-6/h3,6-8H,4H2,1-2H3/b5-3+. The van der Waals surface area contributed by atoms with E-state index in [1.165, 1.54) is 5.70 Å². The molecule has 0 radical (unpaired) electrons. The summed E-state index contributed by atoms with van der Waals surface area (Å²) < 4.78 is 0. The van der Waals surface area contributed by atoms with Crippen LogP contribution in [0.5, 0.6) is 0 Å². The summed E-state index contributed by atoms with van der Waals surface area (Å²) in [4.78, 5) is 0. The Morgan fingerprint density at radius 2 is 2.50 bits per heavy atom. The molecule has 1 aliphatic rings. The Hall–Kier alpha value is -0.500. The van der Waals surface area contributed by atoms with Crippen molar-refractivity contribution in [3.63, 3.8) is 0 Å². The van der Waals surface area contributed by atoms with Gasteiger partial charge >= 0.3 is 0 Å². The Morgan fingerprint density at radius 1 is 1.88 bits per heavy atom. The Kier molecular flexibility index (Phi) is 1.53. The molecule has 1 aliphatic heterocycles. The van der Waals surface area contributed by atoms with Crippen LogP contribution in [0.1, 0.15) is 13.8 Å². The van der Waals surface area contributed by atoms with Gasteiger partial charge in [-0.15, -0.1) is 0 Å². The van der Waals surface area contributed by atoms with Gasteiger partial charge in [0, 0.05) is 12.2 Å². The van der Waals surface area contributed by atoms with Crippen LogP contribution in [-0.4, -0.2) is 12.7 Å². The molecular weight excluding hydrogens is 100 g/mol. The van der Waals surface area contributed by atoms with Crippen LogP contribution in [0.4, 0.5) is 0 Å². The SMILES string of the molecule is C/C=C(\C)NC1CN1. The summed E-state index contributed by atoms with van der Waals surface area (Å²) in [6.07, 6.45) is 2.63. The van der Waals surface area contributed by atoms with E-state index in [9.17, 15) is 0 Å². The molecule has 0 spiro atoms. The maximum atomic E-state index is 3.25. The average Bonchev–Trinajstić information content (AvgIpc) is 2.50. The molecule has 1 rings (SSSR count). The molecule has 1 atom stereocenters. The van der Waals surface area contributed by atoms with E-state index < -0.39 is 0 Å². The normalized spacial score (nSPS) is 27.8. The summed E-state index contributed by atoms with van der Waals surface area (Å²) in [5.41, 5.74) is 1.25. The minimum absolute atomic E-state index is 0.561. The predicted octanol–water partition coefficient (Wildman–Crippen LogP) is 0.429. The van der Waals surface area contributed by atoms with E-state index in [1.807, 2.05) is 6.92 Å². The number of hydrogen-bond donors (Lipinski definition) is 2. The van der Waals surface area contributed by atoms with E-state index in [4.69, 9.17) is 0 Å². The van der Waals surface area contributed by atoms with Crippen molar-refractivity contribution >= 4 is 0 Å². The van der Waals surface area contributed by atoms with Crippen LogP contribution in [-0.2, 0) is 0 Å². The lowest BCUT2D eigenvalue weighted by molar-refractivity contribution is 0.788. The summed E-state index contributed by atoms with van der Waals surface area (Å²) in [6, 6.07) is 0. The molecule has 1 heterocycles. The van der Waals surface area contributed by atoms with E-state index in [-0.39, 0.29) is 0 Å². The third-order valence-electron chi connectivity index (χ3n) is 1.24. The summed E-state index contributed by atoms with van der Waals surface area (Å²) in [7, 11) is 0. The third kappa shape index (κ3) is 1.54. The van der Waals surface area contributed by atoms with Crippen LogP contribution in [0.15, 0.2) is 11.8 Å². The van der Waals surface area contributed by atoms with E-state index in [1.54, 1.807) is 0 Å². The van der Waals surface area contributed by atoms with Crippen LogP contribution in [0.3, 0.4) is 0 Å². The van der Waals surface area contributed by atoms with Gasteiger partial charge in [-0.05, 0) is 13.8 Å². The van der Waals surface area contributed by atoms with Gasteiger partial charge in [-0.3, -0.25) is 5.32 Å². The lowest BCUT2D eigenvalue weighted by atomic mass is 10.4. The van der Waals surface area contributed by atoms with Crippen molar-refractivity contribution in [1.29, 1.82) is 0 Å². The molecule has 2 N–H and O–H groups in total. The largest absolute Gasteiger partial charge is 0.373 e. The minimum Gasteiger partial charge on any atom is -0.373 e. The lowest BCUT2D eigenvalue weighted by Gasteiger charge is -1.99. The van der Waals surface area contributed by atoms with E-state index in [0.717, 1.165) is 6.54 Å². The van der Waals surface area contributed by atoms with Crippen molar-refractivity contribution < 1.29 is 0 Å². The highest BCUT2D eigenvalue weighted by Crippen LogP contribution is 1.95. The van der Waals surface area contributed by atoms with Crippen molar-refractivity contribution in [2.24, 2.45) is 0 Å². The zero-order valence-corrected chi connectivity index (χ0v) is 5.36. The smallest absolute Gasteiger partial charge is 0.0895 e. The number of hydrogen-bond acceptors (Lipinski definition) is 2. The van der Waals surface area contributed by atoms with Crippen LogP contribution in [0.25, 0.3) is 0 Å². The Bertz CT molecular complexity index is 103. The minimum atomic E-state index is 0.561. The van der Waals surface area contributed by atoms with Crippen molar-refractivity contribution in [2.75, 3.05) is 6.54 Å². The maximum absolute atomic E-state index is 3.25. The first kappa shape index (κ1) is 5.63. The molecule has 2 heteroatoms. The molecule has 8 heavy (non-hydrogen) atoms. The van der Waals surface area contributed by atoms with E-state index in [0.29, 0.717) is 6.17 Å². The van der Waals surface area contributed by atoms with Crippen LogP contribution < -0.4 is 10.6 Å². The topological polar surface area (TPSA) is 34.0 Å². The Labute approximate surface area is 50.0 Å². The molecule has 1 unspecified atom stereocenters. The summed E-state index contributed by atoms with van der Waals surface area (Å²) in [6.45, 7) is 5.22. The first-order valence-corrected chi connectivity index (χ1v) is 2.96. The molecule has 0 bridgehead atoms. The second-order valence-corrected chi connectivity index (χ2v) is 2.08. The average molecular weight is 112 g/mol. The maximum Gasteiger partial charge on any atom is 0.0895 e. The van der Waals surface area contributed by atoms with Gasteiger partial charge in [-0.2, -0.15) is 0 Å². The van der Waals surface area contributed by atoms with Gasteiger partial charge in [0.25, 0.3) is 0 Å². The molecule has 0 aromatic carbocycles. The fourth-order valence-corrected chi connectivity index (χ4v) is 0.519. The van der Waals surface area contributed by atoms with E-state index in [2.05, 4.69) is 23.6 Å². The molecular formula is C6H12N2. The zero-order valence-electron chi connectivity index (χ0n) is 5.36. The number of rotatable bonds is 2. The van der Waals surface area contributed by atoms with Gasteiger partial charge in [-0.1, -0.05) is 6.08 Å². The van der Waals surface area contributed by atoms with Crippen molar-refractivity contribution in [1.82, 2.24) is 10.6 Å².